The third-order valence-corrected chi connectivity index (χ3v) is 2.88. The average Bonchev–Trinajstić information content (AvgIpc) is 2.65. The number of carboxylic acids is 1. The van der Waals surface area contributed by atoms with E-state index in [2.05, 4.69) is 4.98 Å². The van der Waals surface area contributed by atoms with Gasteiger partial charge in [-0.15, -0.1) is 0 Å². The van der Waals surface area contributed by atoms with E-state index in [0.29, 0.717) is 5.52 Å². The van der Waals surface area contributed by atoms with Crippen LogP contribution in [0.5, 0.6) is 0 Å². The molecule has 0 radical (unpaired) electrons. The van der Waals surface area contributed by atoms with Gasteiger partial charge in [0.25, 0.3) is 0 Å². The lowest BCUT2D eigenvalue weighted by molar-refractivity contribution is 0.0697. The summed E-state index contributed by atoms with van der Waals surface area (Å²) in [5.74, 6) is -0.163. The molecule has 5 nitrogen and oxygen atoms in total. The fourth-order valence-corrected chi connectivity index (χ4v) is 1.82. The Hall–Kier alpha value is -1.88. The van der Waals surface area contributed by atoms with E-state index in [4.69, 9.17) is 9.84 Å². The molecule has 0 bridgehead atoms. The lowest BCUT2D eigenvalue weighted by atomic mass is 10.2. The first-order valence-corrected chi connectivity index (χ1v) is 5.27. The number of methoxy groups -OCH3 is 1. The van der Waals surface area contributed by atoms with Crippen LogP contribution in [0, 0.1) is 0 Å². The predicted molar refractivity (Wildman–Crippen MR) is 63.1 cm³/mol. The number of hydrogen-bond acceptors (Lipinski definition) is 3. The van der Waals surface area contributed by atoms with Gasteiger partial charge in [0.1, 0.15) is 11.9 Å². The average molecular weight is 234 g/mol. The van der Waals surface area contributed by atoms with Crippen molar-refractivity contribution in [1.29, 1.82) is 0 Å². The number of rotatable bonds is 3. The summed E-state index contributed by atoms with van der Waals surface area (Å²) in [6.45, 7) is 1.90. The van der Waals surface area contributed by atoms with Crippen molar-refractivity contribution in [2.75, 3.05) is 7.11 Å². The Kier molecular flexibility index (Phi) is 2.85. The molecule has 5 heteroatoms. The van der Waals surface area contributed by atoms with E-state index in [9.17, 15) is 4.79 Å². The minimum absolute atomic E-state index is 0.124. The monoisotopic (exact) mass is 234 g/mol. The molecule has 0 saturated heterocycles. The summed E-state index contributed by atoms with van der Waals surface area (Å²) in [5, 5.41) is 8.92. The zero-order valence-electron chi connectivity index (χ0n) is 9.97. The van der Waals surface area contributed by atoms with Crippen LogP contribution >= 0.6 is 0 Å². The number of hydrogen-bond donors (Lipinski definition) is 1. The summed E-state index contributed by atoms with van der Waals surface area (Å²) in [6, 6.07) is 4.91. The summed E-state index contributed by atoms with van der Waals surface area (Å²) in [6.07, 6.45) is -0.124. The number of ether oxygens (including phenoxy) is 1. The molecule has 1 atom stereocenters. The van der Waals surface area contributed by atoms with Gasteiger partial charge < -0.3 is 14.4 Å². The van der Waals surface area contributed by atoms with Gasteiger partial charge in [-0.05, 0) is 25.1 Å². The standard InChI is InChI=1S/C12H14N2O3/c1-7(17-3)11-13-9-6-8(12(15)16)4-5-10(9)14(11)2/h4-7H,1-3H3,(H,15,16). The number of imidazole rings is 1. The van der Waals surface area contributed by atoms with Gasteiger partial charge in [-0.2, -0.15) is 0 Å². The van der Waals surface area contributed by atoms with Crippen molar-refractivity contribution >= 4 is 17.0 Å². The van der Waals surface area contributed by atoms with Gasteiger partial charge >= 0.3 is 5.97 Å². The maximum Gasteiger partial charge on any atom is 0.335 e. The third kappa shape index (κ3) is 1.89. The van der Waals surface area contributed by atoms with Crippen molar-refractivity contribution in [2.24, 2.45) is 7.05 Å². The highest BCUT2D eigenvalue weighted by atomic mass is 16.5. The van der Waals surface area contributed by atoms with Crippen molar-refractivity contribution in [3.8, 4) is 0 Å². The van der Waals surface area contributed by atoms with Crippen LogP contribution in [0.1, 0.15) is 29.2 Å². The van der Waals surface area contributed by atoms with Crippen LogP contribution in [0.3, 0.4) is 0 Å². The summed E-state index contributed by atoms with van der Waals surface area (Å²) in [4.78, 5) is 15.3. The fourth-order valence-electron chi connectivity index (χ4n) is 1.82. The molecule has 1 aromatic carbocycles. The van der Waals surface area contributed by atoms with Gasteiger partial charge in [0.2, 0.25) is 0 Å². The third-order valence-electron chi connectivity index (χ3n) is 2.88. The minimum atomic E-state index is -0.945. The van der Waals surface area contributed by atoms with Crippen molar-refractivity contribution in [1.82, 2.24) is 9.55 Å². The highest BCUT2D eigenvalue weighted by molar-refractivity contribution is 5.92. The number of aromatic carboxylic acids is 1. The fraction of sp³-hybridized carbons (Fsp3) is 0.333. The van der Waals surface area contributed by atoms with Crippen molar-refractivity contribution in [2.45, 2.75) is 13.0 Å². The van der Waals surface area contributed by atoms with Crippen LogP contribution < -0.4 is 0 Å². The molecule has 17 heavy (non-hydrogen) atoms. The van der Waals surface area contributed by atoms with Crippen LogP contribution in [-0.4, -0.2) is 27.7 Å². The first-order chi connectivity index (χ1) is 8.04. The predicted octanol–water partition coefficient (Wildman–Crippen LogP) is 1.98. The van der Waals surface area contributed by atoms with E-state index in [0.717, 1.165) is 11.3 Å². The number of nitrogens with zero attached hydrogens (tertiary/aromatic N) is 2. The number of benzene rings is 1. The van der Waals surface area contributed by atoms with Gasteiger partial charge in [0.05, 0.1) is 16.6 Å². The SMILES string of the molecule is COC(C)c1nc2cc(C(=O)O)ccc2n1C. The normalized spacial score (nSPS) is 12.9. The molecule has 0 aliphatic heterocycles. The molecule has 0 aliphatic carbocycles. The Balaban J connectivity index is 2.61. The summed E-state index contributed by atoms with van der Waals surface area (Å²) in [7, 11) is 3.51. The second-order valence-corrected chi connectivity index (χ2v) is 3.92. The van der Waals surface area contributed by atoms with Crippen molar-refractivity contribution in [3.05, 3.63) is 29.6 Å². The first-order valence-electron chi connectivity index (χ1n) is 5.27. The number of aryl methyl sites for hydroxylation is 1. The molecule has 1 heterocycles. The second kappa shape index (κ2) is 4.18. The number of aromatic nitrogens is 2. The van der Waals surface area contributed by atoms with Crippen molar-refractivity contribution < 1.29 is 14.6 Å². The van der Waals surface area contributed by atoms with E-state index >= 15 is 0 Å². The van der Waals surface area contributed by atoms with Gasteiger partial charge in [0.15, 0.2) is 0 Å². The van der Waals surface area contributed by atoms with E-state index in [1.165, 1.54) is 0 Å². The maximum atomic E-state index is 10.9. The highest BCUT2D eigenvalue weighted by Crippen LogP contribution is 2.22. The molecule has 0 spiro atoms. The van der Waals surface area contributed by atoms with Crippen LogP contribution in [0.15, 0.2) is 18.2 Å². The Bertz CT molecular complexity index is 574. The quantitative estimate of drug-likeness (QED) is 0.881. The van der Waals surface area contributed by atoms with E-state index < -0.39 is 5.97 Å². The molecule has 1 N–H and O–H groups in total. The molecule has 0 saturated carbocycles. The van der Waals surface area contributed by atoms with Crippen LogP contribution in [0.4, 0.5) is 0 Å². The van der Waals surface area contributed by atoms with Gasteiger partial charge in [-0.3, -0.25) is 0 Å². The van der Waals surface area contributed by atoms with Gasteiger partial charge in [-0.1, -0.05) is 0 Å². The maximum absolute atomic E-state index is 10.9. The van der Waals surface area contributed by atoms with E-state index in [1.54, 1.807) is 25.3 Å². The Morgan fingerprint density at radius 1 is 1.53 bits per heavy atom. The molecular weight excluding hydrogens is 220 g/mol. The molecule has 0 fully saturated rings. The molecule has 90 valence electrons. The molecule has 0 aliphatic rings. The summed E-state index contributed by atoms with van der Waals surface area (Å²) < 4.78 is 7.14. The van der Waals surface area contributed by atoms with Crippen molar-refractivity contribution in [3.63, 3.8) is 0 Å². The molecule has 2 aromatic rings. The summed E-state index contributed by atoms with van der Waals surface area (Å²) in [5.41, 5.74) is 1.81. The van der Waals surface area contributed by atoms with Crippen LogP contribution in [0.2, 0.25) is 0 Å². The summed E-state index contributed by atoms with van der Waals surface area (Å²) >= 11 is 0. The largest absolute Gasteiger partial charge is 0.478 e. The molecule has 0 amide bonds. The Morgan fingerprint density at radius 3 is 2.82 bits per heavy atom. The molecular formula is C12H14N2O3. The number of carbonyl (C=O) groups is 1. The van der Waals surface area contributed by atoms with E-state index in [-0.39, 0.29) is 11.7 Å². The van der Waals surface area contributed by atoms with Gasteiger partial charge in [0, 0.05) is 14.2 Å². The number of fused-ring (bicyclic) bond motifs is 1. The Labute approximate surface area is 98.6 Å². The minimum Gasteiger partial charge on any atom is -0.478 e. The lowest BCUT2D eigenvalue weighted by Crippen LogP contribution is -2.04. The zero-order chi connectivity index (χ0) is 12.6. The van der Waals surface area contributed by atoms with Crippen LogP contribution in [0.25, 0.3) is 11.0 Å². The van der Waals surface area contributed by atoms with Gasteiger partial charge in [-0.25, -0.2) is 9.78 Å². The van der Waals surface area contributed by atoms with E-state index in [1.807, 2.05) is 18.5 Å². The molecule has 1 aromatic heterocycles. The molecule has 1 unspecified atom stereocenters. The molecule has 2 rings (SSSR count). The number of carboxylic acid groups (broad SMARTS) is 1. The second-order valence-electron chi connectivity index (χ2n) is 3.92. The first kappa shape index (κ1) is 11.6. The smallest absolute Gasteiger partial charge is 0.335 e. The van der Waals surface area contributed by atoms with Crippen LogP contribution in [-0.2, 0) is 11.8 Å². The lowest BCUT2D eigenvalue weighted by Gasteiger charge is -2.08. The topological polar surface area (TPSA) is 64.3 Å². The Morgan fingerprint density at radius 2 is 2.24 bits per heavy atom. The highest BCUT2D eigenvalue weighted by Gasteiger charge is 2.15. The zero-order valence-corrected chi connectivity index (χ0v) is 9.97.